The summed E-state index contributed by atoms with van der Waals surface area (Å²) < 4.78 is 1.64. The number of carbonyl (C=O) groups excluding carboxylic acids is 1. The lowest BCUT2D eigenvalue weighted by molar-refractivity contribution is 0.111. The molecule has 0 atom stereocenters. The molecule has 17 heavy (non-hydrogen) atoms. The summed E-state index contributed by atoms with van der Waals surface area (Å²) >= 11 is 0. The van der Waals surface area contributed by atoms with E-state index in [4.69, 9.17) is 0 Å². The fourth-order valence-corrected chi connectivity index (χ4v) is 1.79. The summed E-state index contributed by atoms with van der Waals surface area (Å²) in [7, 11) is 0. The van der Waals surface area contributed by atoms with E-state index >= 15 is 0 Å². The van der Waals surface area contributed by atoms with Crippen LogP contribution < -0.4 is 0 Å². The molecule has 0 bridgehead atoms. The van der Waals surface area contributed by atoms with E-state index in [9.17, 15) is 4.79 Å². The van der Waals surface area contributed by atoms with Gasteiger partial charge in [-0.2, -0.15) is 0 Å². The van der Waals surface area contributed by atoms with Crippen molar-refractivity contribution in [3.8, 4) is 11.3 Å². The highest BCUT2D eigenvalue weighted by atomic mass is 16.1. The molecule has 4 nitrogen and oxygen atoms in total. The van der Waals surface area contributed by atoms with Crippen LogP contribution in [0.15, 0.2) is 24.3 Å². The third-order valence-corrected chi connectivity index (χ3v) is 2.62. The summed E-state index contributed by atoms with van der Waals surface area (Å²) in [5.74, 6) is 0. The molecule has 0 unspecified atom stereocenters. The van der Waals surface area contributed by atoms with E-state index in [1.807, 2.05) is 45.0 Å². The van der Waals surface area contributed by atoms with Crippen molar-refractivity contribution in [1.29, 1.82) is 0 Å². The molecule has 2 aromatic rings. The van der Waals surface area contributed by atoms with Crippen LogP contribution in [0.3, 0.4) is 0 Å². The molecule has 0 N–H and O–H groups in total. The zero-order valence-electron chi connectivity index (χ0n) is 10.2. The Labute approximate surface area is 100 Å². The molecule has 0 aliphatic heterocycles. The Morgan fingerprint density at radius 1 is 1.35 bits per heavy atom. The van der Waals surface area contributed by atoms with Crippen LogP contribution in [0.2, 0.25) is 0 Å². The van der Waals surface area contributed by atoms with Gasteiger partial charge in [0.2, 0.25) is 0 Å². The highest BCUT2D eigenvalue weighted by molar-refractivity contribution is 5.83. The minimum absolute atomic E-state index is 0.126. The van der Waals surface area contributed by atoms with Crippen LogP contribution in [-0.4, -0.2) is 21.3 Å². The second kappa shape index (κ2) is 4.49. The molecule has 1 aromatic carbocycles. The van der Waals surface area contributed by atoms with E-state index in [0.29, 0.717) is 11.4 Å². The van der Waals surface area contributed by atoms with Crippen LogP contribution in [0.25, 0.3) is 11.3 Å². The maximum Gasteiger partial charge on any atom is 0.170 e. The molecule has 0 amide bonds. The minimum Gasteiger partial charge on any atom is -0.296 e. The van der Waals surface area contributed by atoms with Gasteiger partial charge >= 0.3 is 0 Å². The molecule has 0 radical (unpaired) electrons. The van der Waals surface area contributed by atoms with Crippen LogP contribution in [0.1, 0.15) is 35.9 Å². The summed E-state index contributed by atoms with van der Waals surface area (Å²) in [5.41, 5.74) is 3.25. The van der Waals surface area contributed by atoms with Crippen LogP contribution in [0, 0.1) is 6.92 Å². The third-order valence-electron chi connectivity index (χ3n) is 2.62. The molecule has 0 aliphatic carbocycles. The zero-order valence-corrected chi connectivity index (χ0v) is 10.2. The second-order valence-corrected chi connectivity index (χ2v) is 4.35. The Morgan fingerprint density at radius 2 is 2.12 bits per heavy atom. The van der Waals surface area contributed by atoms with Gasteiger partial charge < -0.3 is 0 Å². The van der Waals surface area contributed by atoms with Crippen LogP contribution in [0.4, 0.5) is 0 Å². The maximum absolute atomic E-state index is 11.2. The molecule has 0 saturated heterocycles. The van der Waals surface area contributed by atoms with E-state index in [-0.39, 0.29) is 6.04 Å². The highest BCUT2D eigenvalue weighted by Gasteiger charge is 2.15. The Kier molecular flexibility index (Phi) is 3.04. The summed E-state index contributed by atoms with van der Waals surface area (Å²) in [6, 6.07) is 8.03. The first kappa shape index (κ1) is 11.5. The maximum atomic E-state index is 11.2. The largest absolute Gasteiger partial charge is 0.296 e. The van der Waals surface area contributed by atoms with Crippen LogP contribution in [-0.2, 0) is 0 Å². The SMILES string of the molecule is Cc1cccc(-c2nnn(C(C)C)c2C=O)c1. The van der Waals surface area contributed by atoms with Gasteiger partial charge in [-0.15, -0.1) is 5.10 Å². The van der Waals surface area contributed by atoms with E-state index in [1.54, 1.807) is 4.68 Å². The molecule has 1 heterocycles. The van der Waals surface area contributed by atoms with Gasteiger partial charge in [-0.1, -0.05) is 29.0 Å². The first-order valence-corrected chi connectivity index (χ1v) is 5.61. The van der Waals surface area contributed by atoms with Gasteiger partial charge in [-0.25, -0.2) is 4.68 Å². The smallest absolute Gasteiger partial charge is 0.170 e. The molecule has 88 valence electrons. The topological polar surface area (TPSA) is 47.8 Å². The highest BCUT2D eigenvalue weighted by Crippen LogP contribution is 2.22. The number of hydrogen-bond donors (Lipinski definition) is 0. The number of aromatic nitrogens is 3. The molecule has 0 saturated carbocycles. The predicted octanol–water partition coefficient (Wildman–Crippen LogP) is 2.65. The number of benzene rings is 1. The molecule has 0 spiro atoms. The van der Waals surface area contributed by atoms with Crippen molar-refractivity contribution >= 4 is 6.29 Å². The molecular weight excluding hydrogens is 214 g/mol. The lowest BCUT2D eigenvalue weighted by Gasteiger charge is -2.06. The van der Waals surface area contributed by atoms with Gasteiger partial charge in [-0.05, 0) is 26.8 Å². The summed E-state index contributed by atoms with van der Waals surface area (Å²) in [6.07, 6.45) is 0.817. The standard InChI is InChI=1S/C13H15N3O/c1-9(2)16-12(8-17)13(14-15-16)11-6-4-5-10(3)7-11/h4-9H,1-3H3. The molecule has 0 aliphatic rings. The molecule has 0 fully saturated rings. The minimum atomic E-state index is 0.126. The monoisotopic (exact) mass is 229 g/mol. The van der Waals surface area contributed by atoms with Crippen molar-refractivity contribution < 1.29 is 4.79 Å². The number of carbonyl (C=O) groups is 1. The van der Waals surface area contributed by atoms with Gasteiger partial charge in [0.05, 0.1) is 0 Å². The molecule has 1 aromatic heterocycles. The lowest BCUT2D eigenvalue weighted by atomic mass is 10.1. The van der Waals surface area contributed by atoms with Crippen molar-refractivity contribution in [3.05, 3.63) is 35.5 Å². The summed E-state index contributed by atoms with van der Waals surface area (Å²) in [4.78, 5) is 11.2. The van der Waals surface area contributed by atoms with Gasteiger partial charge in [-0.3, -0.25) is 4.79 Å². The van der Waals surface area contributed by atoms with E-state index in [1.165, 1.54) is 0 Å². The second-order valence-electron chi connectivity index (χ2n) is 4.35. The average Bonchev–Trinajstić information content (AvgIpc) is 2.72. The Morgan fingerprint density at radius 3 is 2.71 bits per heavy atom. The van der Waals surface area contributed by atoms with Crippen LogP contribution in [0.5, 0.6) is 0 Å². The van der Waals surface area contributed by atoms with Crippen LogP contribution >= 0.6 is 0 Å². The van der Waals surface area contributed by atoms with Crippen molar-refractivity contribution in [2.24, 2.45) is 0 Å². The van der Waals surface area contributed by atoms with Gasteiger partial charge in [0.25, 0.3) is 0 Å². The van der Waals surface area contributed by atoms with E-state index in [0.717, 1.165) is 17.4 Å². The number of hydrogen-bond acceptors (Lipinski definition) is 3. The molecule has 4 heteroatoms. The third kappa shape index (κ3) is 2.11. The molecular formula is C13H15N3O. The fourth-order valence-electron chi connectivity index (χ4n) is 1.79. The first-order chi connectivity index (χ1) is 8.13. The quantitative estimate of drug-likeness (QED) is 0.760. The van der Waals surface area contributed by atoms with E-state index in [2.05, 4.69) is 10.3 Å². The number of nitrogens with zero attached hydrogens (tertiary/aromatic N) is 3. The van der Waals surface area contributed by atoms with Gasteiger partial charge in [0, 0.05) is 11.6 Å². The van der Waals surface area contributed by atoms with Gasteiger partial charge in [0.15, 0.2) is 6.29 Å². The van der Waals surface area contributed by atoms with Gasteiger partial charge in [0.1, 0.15) is 11.4 Å². The van der Waals surface area contributed by atoms with Crippen molar-refractivity contribution in [2.45, 2.75) is 26.8 Å². The van der Waals surface area contributed by atoms with E-state index < -0.39 is 0 Å². The Bertz CT molecular complexity index is 543. The van der Waals surface area contributed by atoms with Crippen molar-refractivity contribution in [3.63, 3.8) is 0 Å². The number of rotatable bonds is 3. The number of aryl methyl sites for hydroxylation is 1. The zero-order chi connectivity index (χ0) is 12.4. The Hall–Kier alpha value is -1.97. The Balaban J connectivity index is 2.56. The average molecular weight is 229 g/mol. The van der Waals surface area contributed by atoms with Crippen molar-refractivity contribution in [1.82, 2.24) is 15.0 Å². The lowest BCUT2D eigenvalue weighted by Crippen LogP contribution is -2.07. The fraction of sp³-hybridized carbons (Fsp3) is 0.308. The number of aldehydes is 1. The van der Waals surface area contributed by atoms with Crippen molar-refractivity contribution in [2.75, 3.05) is 0 Å². The normalized spacial score (nSPS) is 10.8. The predicted molar refractivity (Wildman–Crippen MR) is 66.0 cm³/mol. The molecule has 2 rings (SSSR count). The summed E-state index contributed by atoms with van der Waals surface area (Å²) in [5, 5.41) is 8.13. The summed E-state index contributed by atoms with van der Waals surface area (Å²) in [6.45, 7) is 5.96. The first-order valence-electron chi connectivity index (χ1n) is 5.61.